The third-order valence-corrected chi connectivity index (χ3v) is 7.71. The van der Waals surface area contributed by atoms with E-state index < -0.39 is 17.1 Å². The number of nitriles is 1. The van der Waals surface area contributed by atoms with E-state index in [1.54, 1.807) is 61.5 Å². The lowest BCUT2D eigenvalue weighted by atomic mass is 10.1. The van der Waals surface area contributed by atoms with Crippen LogP contribution in [0.4, 0.5) is 11.4 Å². The third kappa shape index (κ3) is 5.46. The molecule has 1 aliphatic rings. The molecule has 1 heterocycles. The van der Waals surface area contributed by atoms with E-state index in [0.717, 1.165) is 16.3 Å². The number of amides is 2. The summed E-state index contributed by atoms with van der Waals surface area (Å²) in [6, 6.07) is 31.1. The van der Waals surface area contributed by atoms with E-state index in [0.29, 0.717) is 23.4 Å². The number of anilines is 2. The molecule has 1 atom stereocenters. The van der Waals surface area contributed by atoms with Gasteiger partial charge in [-0.15, -0.1) is 0 Å². The number of rotatable bonds is 7. The summed E-state index contributed by atoms with van der Waals surface area (Å²) in [6.07, 6.45) is 0.350. The number of para-hydroxylation sites is 1. The molecule has 0 aliphatic carbocycles. The van der Waals surface area contributed by atoms with Crippen molar-refractivity contribution in [3.05, 3.63) is 119 Å². The van der Waals surface area contributed by atoms with Gasteiger partial charge in [0.2, 0.25) is 5.91 Å². The predicted molar refractivity (Wildman–Crippen MR) is 157 cm³/mol. The number of hydrogen-bond acceptors (Lipinski definition) is 6. The molecular formula is C32H25N3O4S. The molecule has 0 bridgehead atoms. The van der Waals surface area contributed by atoms with Crippen LogP contribution in [0.1, 0.15) is 22.8 Å². The van der Waals surface area contributed by atoms with Crippen LogP contribution in [-0.2, 0) is 20.7 Å². The van der Waals surface area contributed by atoms with Crippen molar-refractivity contribution in [3.63, 3.8) is 0 Å². The van der Waals surface area contributed by atoms with Crippen molar-refractivity contribution >= 4 is 51.7 Å². The Morgan fingerprint density at radius 3 is 2.38 bits per heavy atom. The van der Waals surface area contributed by atoms with E-state index >= 15 is 0 Å². The number of ether oxygens (including phenoxy) is 1. The van der Waals surface area contributed by atoms with Gasteiger partial charge in [0.05, 0.1) is 17.4 Å². The zero-order valence-electron chi connectivity index (χ0n) is 21.7. The van der Waals surface area contributed by atoms with Crippen LogP contribution in [0.2, 0.25) is 0 Å². The Morgan fingerprint density at radius 2 is 1.65 bits per heavy atom. The normalized spacial score (nSPS) is 15.9. The highest BCUT2D eigenvalue weighted by Crippen LogP contribution is 2.42. The highest BCUT2D eigenvalue weighted by atomic mass is 32.2. The first-order valence-corrected chi connectivity index (χ1v) is 13.6. The highest BCUT2D eigenvalue weighted by molar-refractivity contribution is 8.05. The van der Waals surface area contributed by atoms with Crippen LogP contribution in [-0.4, -0.2) is 29.6 Å². The van der Waals surface area contributed by atoms with Gasteiger partial charge in [0, 0.05) is 16.8 Å². The van der Waals surface area contributed by atoms with Crippen molar-refractivity contribution in [1.82, 2.24) is 0 Å². The molecule has 40 heavy (non-hydrogen) atoms. The lowest BCUT2D eigenvalue weighted by molar-refractivity contribution is -0.117. The molecule has 7 nitrogen and oxygen atoms in total. The fourth-order valence-electron chi connectivity index (χ4n) is 4.52. The van der Waals surface area contributed by atoms with Crippen LogP contribution in [0.3, 0.4) is 0 Å². The molecule has 4 aromatic rings. The van der Waals surface area contributed by atoms with E-state index in [2.05, 4.69) is 11.4 Å². The van der Waals surface area contributed by atoms with Gasteiger partial charge in [0.1, 0.15) is 16.7 Å². The quantitative estimate of drug-likeness (QED) is 0.171. The standard InChI is InChI=1S/C32H25N3O4S/c1-2-39-32(38)23-17-15-21(16-18-23)19-28-30(37)35(24-11-4-3-5-12-24)31(40-28)26(20-33)29(36)34-27-14-8-10-22-9-6-7-13-25(22)27/h3-18,28H,2,19H2,1H3,(H,34,36)/b31-26-/t28-/m1/s1. The zero-order chi connectivity index (χ0) is 28.1. The van der Waals surface area contributed by atoms with Gasteiger partial charge >= 0.3 is 5.97 Å². The van der Waals surface area contributed by atoms with Crippen molar-refractivity contribution in [2.24, 2.45) is 0 Å². The first-order valence-electron chi connectivity index (χ1n) is 12.8. The maximum atomic E-state index is 13.7. The summed E-state index contributed by atoms with van der Waals surface area (Å²) in [5.74, 6) is -1.22. The number of nitrogens with zero attached hydrogens (tertiary/aromatic N) is 2. The Bertz CT molecular complexity index is 1650. The Kier molecular flexibility index (Phi) is 7.94. The summed E-state index contributed by atoms with van der Waals surface area (Å²) in [4.78, 5) is 40.7. The molecule has 5 rings (SSSR count). The maximum absolute atomic E-state index is 13.7. The first-order chi connectivity index (χ1) is 19.5. The molecule has 1 fully saturated rings. The molecule has 0 radical (unpaired) electrons. The summed E-state index contributed by atoms with van der Waals surface area (Å²) >= 11 is 1.19. The second-order valence-corrected chi connectivity index (χ2v) is 10.2. The van der Waals surface area contributed by atoms with Gasteiger partial charge < -0.3 is 10.1 Å². The molecule has 4 aromatic carbocycles. The average Bonchev–Trinajstić information content (AvgIpc) is 3.29. The molecule has 1 N–H and O–H groups in total. The smallest absolute Gasteiger partial charge is 0.338 e. The lowest BCUT2D eigenvalue weighted by Crippen LogP contribution is -2.30. The monoisotopic (exact) mass is 547 g/mol. The van der Waals surface area contributed by atoms with Gasteiger partial charge in [0.25, 0.3) is 5.91 Å². The summed E-state index contributed by atoms with van der Waals surface area (Å²) in [5.41, 5.74) is 2.28. The second-order valence-electron chi connectivity index (χ2n) is 9.01. The van der Waals surface area contributed by atoms with Gasteiger partial charge in [-0.1, -0.05) is 78.5 Å². The minimum absolute atomic E-state index is 0.143. The van der Waals surface area contributed by atoms with Gasteiger partial charge in [-0.05, 0) is 54.6 Å². The minimum Gasteiger partial charge on any atom is -0.462 e. The van der Waals surface area contributed by atoms with E-state index in [9.17, 15) is 19.6 Å². The van der Waals surface area contributed by atoms with Crippen molar-refractivity contribution in [2.45, 2.75) is 18.6 Å². The predicted octanol–water partition coefficient (Wildman–Crippen LogP) is 6.08. The molecule has 0 saturated carbocycles. The largest absolute Gasteiger partial charge is 0.462 e. The fraction of sp³-hybridized carbons (Fsp3) is 0.125. The summed E-state index contributed by atoms with van der Waals surface area (Å²) in [6.45, 7) is 2.03. The van der Waals surface area contributed by atoms with Crippen LogP contribution >= 0.6 is 11.8 Å². The molecule has 198 valence electrons. The molecule has 0 spiro atoms. The number of hydrogen-bond donors (Lipinski definition) is 1. The Hall–Kier alpha value is -4.87. The van der Waals surface area contributed by atoms with Crippen LogP contribution in [0, 0.1) is 11.3 Å². The molecular weight excluding hydrogens is 522 g/mol. The zero-order valence-corrected chi connectivity index (χ0v) is 22.5. The topological polar surface area (TPSA) is 99.5 Å². The van der Waals surface area contributed by atoms with Gasteiger partial charge in [-0.3, -0.25) is 14.5 Å². The molecule has 0 unspecified atom stereocenters. The van der Waals surface area contributed by atoms with E-state index in [1.165, 1.54) is 16.7 Å². The van der Waals surface area contributed by atoms with Gasteiger partial charge in [-0.25, -0.2) is 4.79 Å². The van der Waals surface area contributed by atoms with Crippen molar-refractivity contribution in [3.8, 4) is 6.07 Å². The molecule has 0 aromatic heterocycles. The van der Waals surface area contributed by atoms with Crippen molar-refractivity contribution in [1.29, 1.82) is 5.26 Å². The number of carbonyl (C=O) groups excluding carboxylic acids is 3. The number of thioether (sulfide) groups is 1. The highest BCUT2D eigenvalue weighted by Gasteiger charge is 2.40. The Labute approximate surface area is 236 Å². The Balaban J connectivity index is 1.47. The SMILES string of the molecule is CCOC(=O)c1ccc(C[C@H]2S/C(=C(/C#N)C(=O)Nc3cccc4ccccc34)N(c3ccccc3)C2=O)cc1. The van der Waals surface area contributed by atoms with Gasteiger partial charge in [-0.2, -0.15) is 5.26 Å². The molecule has 8 heteroatoms. The number of carbonyl (C=O) groups is 3. The molecule has 1 aliphatic heterocycles. The third-order valence-electron chi connectivity index (χ3n) is 6.44. The van der Waals surface area contributed by atoms with Gasteiger partial charge in [0.15, 0.2) is 0 Å². The van der Waals surface area contributed by atoms with Crippen LogP contribution in [0.15, 0.2) is 108 Å². The lowest BCUT2D eigenvalue weighted by Gasteiger charge is -2.18. The summed E-state index contributed by atoms with van der Waals surface area (Å²) in [7, 11) is 0. The fourth-order valence-corrected chi connectivity index (χ4v) is 5.83. The minimum atomic E-state index is -0.588. The van der Waals surface area contributed by atoms with Crippen LogP contribution in [0.25, 0.3) is 10.8 Å². The van der Waals surface area contributed by atoms with E-state index in [1.807, 2.05) is 42.5 Å². The van der Waals surface area contributed by atoms with Crippen molar-refractivity contribution in [2.75, 3.05) is 16.8 Å². The maximum Gasteiger partial charge on any atom is 0.338 e. The average molecular weight is 548 g/mol. The Morgan fingerprint density at radius 1 is 0.950 bits per heavy atom. The number of esters is 1. The van der Waals surface area contributed by atoms with E-state index in [-0.39, 0.29) is 23.1 Å². The summed E-state index contributed by atoms with van der Waals surface area (Å²) < 4.78 is 5.04. The summed E-state index contributed by atoms with van der Waals surface area (Å²) in [5, 5.41) is 14.5. The second kappa shape index (κ2) is 11.9. The van der Waals surface area contributed by atoms with Crippen LogP contribution < -0.4 is 10.2 Å². The number of fused-ring (bicyclic) bond motifs is 1. The first kappa shape index (κ1) is 26.7. The van der Waals surface area contributed by atoms with Crippen LogP contribution in [0.5, 0.6) is 0 Å². The number of nitrogens with one attached hydrogen (secondary N) is 1. The molecule has 2 amide bonds. The van der Waals surface area contributed by atoms with Crippen molar-refractivity contribution < 1.29 is 19.1 Å². The molecule has 1 saturated heterocycles. The number of benzene rings is 4. The van der Waals surface area contributed by atoms with E-state index in [4.69, 9.17) is 4.74 Å².